The first-order valence-electron chi connectivity index (χ1n) is 7.23. The van der Waals surface area contributed by atoms with Crippen molar-refractivity contribution < 1.29 is 9.53 Å². The van der Waals surface area contributed by atoms with Crippen LogP contribution in [0.4, 0.5) is 0 Å². The maximum atomic E-state index is 11.8. The zero-order valence-corrected chi connectivity index (χ0v) is 12.1. The second kappa shape index (κ2) is 7.74. The lowest BCUT2D eigenvalue weighted by atomic mass is 9.95. The number of ether oxygens (including phenoxy) is 1. The van der Waals surface area contributed by atoms with Gasteiger partial charge in [0, 0.05) is 12.0 Å². The molecule has 1 saturated heterocycles. The molecule has 0 saturated carbocycles. The molecule has 0 atom stereocenters. The van der Waals surface area contributed by atoms with E-state index < -0.39 is 0 Å². The lowest BCUT2D eigenvalue weighted by Gasteiger charge is -2.28. The SMILES string of the molecule is CCC(C)(CC)NC(=O)CCOC1CCNCC1. The summed E-state index contributed by atoms with van der Waals surface area (Å²) in [5.41, 5.74) is -0.0636. The number of carbonyl (C=O) groups is 1. The Hall–Kier alpha value is -0.610. The minimum atomic E-state index is -0.0636. The van der Waals surface area contributed by atoms with Gasteiger partial charge in [0.25, 0.3) is 0 Å². The fraction of sp³-hybridized carbons (Fsp3) is 0.929. The third kappa shape index (κ3) is 5.36. The molecule has 1 heterocycles. The normalized spacial score (nSPS) is 17.7. The third-order valence-electron chi connectivity index (χ3n) is 3.97. The van der Waals surface area contributed by atoms with Gasteiger partial charge in [-0.15, -0.1) is 0 Å². The molecule has 1 amide bonds. The van der Waals surface area contributed by atoms with Gasteiger partial charge in [0.2, 0.25) is 5.91 Å². The number of rotatable bonds is 7. The molecule has 1 aliphatic rings. The number of carbonyl (C=O) groups excluding carboxylic acids is 1. The molecule has 0 radical (unpaired) electrons. The first-order chi connectivity index (χ1) is 8.59. The van der Waals surface area contributed by atoms with Gasteiger partial charge < -0.3 is 15.4 Å². The summed E-state index contributed by atoms with van der Waals surface area (Å²) in [5, 5.41) is 6.40. The standard InChI is InChI=1S/C14H28N2O2/c1-4-14(3,5-2)16-13(17)8-11-18-12-6-9-15-10-7-12/h12,15H,4-11H2,1-3H3,(H,16,17). The van der Waals surface area contributed by atoms with Gasteiger partial charge in [-0.05, 0) is 45.7 Å². The predicted molar refractivity (Wildman–Crippen MR) is 73.6 cm³/mol. The van der Waals surface area contributed by atoms with Gasteiger partial charge in [-0.3, -0.25) is 4.79 Å². The highest BCUT2D eigenvalue weighted by Crippen LogP contribution is 2.14. The van der Waals surface area contributed by atoms with Crippen LogP contribution >= 0.6 is 0 Å². The highest BCUT2D eigenvalue weighted by Gasteiger charge is 2.21. The highest BCUT2D eigenvalue weighted by molar-refractivity contribution is 5.76. The van der Waals surface area contributed by atoms with Crippen LogP contribution in [0.2, 0.25) is 0 Å². The molecule has 1 rings (SSSR count). The van der Waals surface area contributed by atoms with Gasteiger partial charge in [0.1, 0.15) is 0 Å². The Morgan fingerprint density at radius 3 is 2.50 bits per heavy atom. The Morgan fingerprint density at radius 2 is 1.94 bits per heavy atom. The summed E-state index contributed by atoms with van der Waals surface area (Å²) in [6, 6.07) is 0. The largest absolute Gasteiger partial charge is 0.378 e. The lowest BCUT2D eigenvalue weighted by Crippen LogP contribution is -2.45. The van der Waals surface area contributed by atoms with Crippen molar-refractivity contribution in [3.63, 3.8) is 0 Å². The average Bonchev–Trinajstić information content (AvgIpc) is 2.40. The van der Waals surface area contributed by atoms with Crippen molar-refractivity contribution in [3.8, 4) is 0 Å². The molecule has 0 spiro atoms. The van der Waals surface area contributed by atoms with Crippen molar-refractivity contribution in [2.24, 2.45) is 0 Å². The van der Waals surface area contributed by atoms with Crippen molar-refractivity contribution in [1.82, 2.24) is 10.6 Å². The first-order valence-corrected chi connectivity index (χ1v) is 7.23. The number of nitrogens with one attached hydrogen (secondary N) is 2. The van der Waals surface area contributed by atoms with E-state index in [0.29, 0.717) is 19.1 Å². The quantitative estimate of drug-likeness (QED) is 0.731. The molecule has 1 aliphatic heterocycles. The molecule has 0 aliphatic carbocycles. The average molecular weight is 256 g/mol. The fourth-order valence-electron chi connectivity index (χ4n) is 2.11. The minimum Gasteiger partial charge on any atom is -0.378 e. The summed E-state index contributed by atoms with van der Waals surface area (Å²) < 4.78 is 5.73. The molecule has 18 heavy (non-hydrogen) atoms. The van der Waals surface area contributed by atoms with Crippen molar-refractivity contribution in [3.05, 3.63) is 0 Å². The van der Waals surface area contributed by atoms with Crippen molar-refractivity contribution in [1.29, 1.82) is 0 Å². The van der Waals surface area contributed by atoms with Crippen LogP contribution < -0.4 is 10.6 Å². The molecular formula is C14H28N2O2. The van der Waals surface area contributed by atoms with Crippen molar-refractivity contribution >= 4 is 5.91 Å². The molecule has 2 N–H and O–H groups in total. The van der Waals surface area contributed by atoms with Crippen LogP contribution in [0.1, 0.15) is 52.9 Å². The van der Waals surface area contributed by atoms with Gasteiger partial charge >= 0.3 is 0 Å². The fourth-order valence-corrected chi connectivity index (χ4v) is 2.11. The van der Waals surface area contributed by atoms with Gasteiger partial charge in [0.15, 0.2) is 0 Å². The lowest BCUT2D eigenvalue weighted by molar-refractivity contribution is -0.124. The van der Waals surface area contributed by atoms with E-state index in [0.717, 1.165) is 38.8 Å². The second-order valence-electron chi connectivity index (χ2n) is 5.39. The van der Waals surface area contributed by atoms with E-state index in [1.807, 2.05) is 0 Å². The number of hydrogen-bond acceptors (Lipinski definition) is 3. The van der Waals surface area contributed by atoms with Crippen LogP contribution in [0.3, 0.4) is 0 Å². The van der Waals surface area contributed by atoms with E-state index >= 15 is 0 Å². The Labute approximate surface area is 111 Å². The summed E-state index contributed by atoms with van der Waals surface area (Å²) in [7, 11) is 0. The molecule has 0 aromatic heterocycles. The number of amides is 1. The highest BCUT2D eigenvalue weighted by atomic mass is 16.5. The van der Waals surface area contributed by atoms with Crippen molar-refractivity contribution in [2.75, 3.05) is 19.7 Å². The van der Waals surface area contributed by atoms with Crippen LogP contribution in [-0.2, 0) is 9.53 Å². The monoisotopic (exact) mass is 256 g/mol. The second-order valence-corrected chi connectivity index (χ2v) is 5.39. The first kappa shape index (κ1) is 15.4. The predicted octanol–water partition coefficient (Wildman–Crippen LogP) is 1.84. The van der Waals surface area contributed by atoms with Crippen molar-refractivity contribution in [2.45, 2.75) is 64.5 Å². The molecule has 0 unspecified atom stereocenters. The molecule has 1 fully saturated rings. The van der Waals surface area contributed by atoms with Gasteiger partial charge in [-0.2, -0.15) is 0 Å². The summed E-state index contributed by atoms with van der Waals surface area (Å²) in [6.45, 7) is 8.91. The maximum absolute atomic E-state index is 11.8. The molecule has 4 heteroatoms. The van der Waals surface area contributed by atoms with E-state index in [2.05, 4.69) is 31.4 Å². The topological polar surface area (TPSA) is 50.4 Å². The molecule has 106 valence electrons. The zero-order chi connectivity index (χ0) is 13.4. The van der Waals surface area contributed by atoms with E-state index in [4.69, 9.17) is 4.74 Å². The molecule has 0 aromatic rings. The van der Waals surface area contributed by atoms with Gasteiger partial charge in [0.05, 0.1) is 12.7 Å². The zero-order valence-electron chi connectivity index (χ0n) is 12.1. The summed E-state index contributed by atoms with van der Waals surface area (Å²) in [4.78, 5) is 11.8. The number of piperidine rings is 1. The Kier molecular flexibility index (Phi) is 6.65. The minimum absolute atomic E-state index is 0.0636. The molecule has 0 aromatic carbocycles. The molecule has 4 nitrogen and oxygen atoms in total. The molecular weight excluding hydrogens is 228 g/mol. The van der Waals surface area contributed by atoms with E-state index in [9.17, 15) is 4.79 Å². The van der Waals surface area contributed by atoms with Crippen LogP contribution in [0.25, 0.3) is 0 Å². The van der Waals surface area contributed by atoms with Gasteiger partial charge in [-0.25, -0.2) is 0 Å². The molecule has 0 bridgehead atoms. The summed E-state index contributed by atoms with van der Waals surface area (Å²) in [5.74, 6) is 0.107. The van der Waals surface area contributed by atoms with E-state index in [1.54, 1.807) is 0 Å². The summed E-state index contributed by atoms with van der Waals surface area (Å²) >= 11 is 0. The third-order valence-corrected chi connectivity index (χ3v) is 3.97. The van der Waals surface area contributed by atoms with Gasteiger partial charge in [-0.1, -0.05) is 13.8 Å². The smallest absolute Gasteiger partial charge is 0.222 e. The Morgan fingerprint density at radius 1 is 1.33 bits per heavy atom. The van der Waals surface area contributed by atoms with E-state index in [-0.39, 0.29) is 11.4 Å². The maximum Gasteiger partial charge on any atom is 0.222 e. The summed E-state index contributed by atoms with van der Waals surface area (Å²) in [6.07, 6.45) is 4.85. The van der Waals surface area contributed by atoms with Crippen LogP contribution in [0.15, 0.2) is 0 Å². The Balaban J connectivity index is 2.16. The Bertz CT molecular complexity index is 246. The van der Waals surface area contributed by atoms with E-state index in [1.165, 1.54) is 0 Å². The van der Waals surface area contributed by atoms with Crippen LogP contribution in [0.5, 0.6) is 0 Å². The number of hydrogen-bond donors (Lipinski definition) is 2. The van der Waals surface area contributed by atoms with Crippen LogP contribution in [0, 0.1) is 0 Å². The van der Waals surface area contributed by atoms with Crippen LogP contribution in [-0.4, -0.2) is 37.2 Å².